The van der Waals surface area contributed by atoms with Crippen molar-refractivity contribution in [1.29, 1.82) is 0 Å². The van der Waals surface area contributed by atoms with E-state index in [-0.39, 0.29) is 30.2 Å². The van der Waals surface area contributed by atoms with Crippen molar-refractivity contribution < 1.29 is 24.2 Å². The molecule has 1 fully saturated rings. The van der Waals surface area contributed by atoms with Crippen LogP contribution in [0.2, 0.25) is 0 Å². The van der Waals surface area contributed by atoms with Crippen molar-refractivity contribution in [3.8, 4) is 5.75 Å². The Morgan fingerprint density at radius 1 is 1.36 bits per heavy atom. The van der Waals surface area contributed by atoms with Gasteiger partial charge < -0.3 is 14.6 Å². The lowest BCUT2D eigenvalue weighted by Crippen LogP contribution is -2.22. The van der Waals surface area contributed by atoms with E-state index in [0.29, 0.717) is 11.5 Å². The van der Waals surface area contributed by atoms with E-state index < -0.39 is 5.97 Å². The van der Waals surface area contributed by atoms with Gasteiger partial charge in [-0.3, -0.25) is 9.59 Å². The van der Waals surface area contributed by atoms with Gasteiger partial charge in [0.05, 0.1) is 13.0 Å². The minimum Gasteiger partial charge on any atom is -0.508 e. The number of esters is 2. The maximum atomic E-state index is 11.8. The monoisotopic (exact) mass is 306 g/mol. The van der Waals surface area contributed by atoms with Gasteiger partial charge in [0.2, 0.25) is 0 Å². The van der Waals surface area contributed by atoms with E-state index in [2.05, 4.69) is 0 Å². The zero-order valence-corrected chi connectivity index (χ0v) is 13.2. The van der Waals surface area contributed by atoms with Gasteiger partial charge in [0.15, 0.2) is 0 Å². The Morgan fingerprint density at radius 3 is 2.55 bits per heavy atom. The lowest BCUT2D eigenvalue weighted by molar-refractivity contribution is -0.146. The summed E-state index contributed by atoms with van der Waals surface area (Å²) in [6.45, 7) is 3.23. The van der Waals surface area contributed by atoms with Crippen molar-refractivity contribution in [1.82, 2.24) is 0 Å². The number of hydrogen-bond acceptors (Lipinski definition) is 5. The molecule has 0 saturated heterocycles. The minimum atomic E-state index is -0.390. The lowest BCUT2D eigenvalue weighted by atomic mass is 9.83. The van der Waals surface area contributed by atoms with Gasteiger partial charge in [-0.05, 0) is 36.3 Å². The third kappa shape index (κ3) is 3.78. The number of phenols is 1. The van der Waals surface area contributed by atoms with Crippen LogP contribution in [-0.4, -0.2) is 24.2 Å². The smallest absolute Gasteiger partial charge is 0.309 e. The van der Waals surface area contributed by atoms with Crippen LogP contribution in [0.3, 0.4) is 0 Å². The number of carbonyl (C=O) groups excluding carboxylic acids is 2. The number of benzene rings is 1. The van der Waals surface area contributed by atoms with Crippen LogP contribution in [0.25, 0.3) is 0 Å². The second-order valence-electron chi connectivity index (χ2n) is 5.84. The zero-order chi connectivity index (χ0) is 16.3. The molecule has 0 amide bonds. The number of ether oxygens (including phenoxy) is 2. The summed E-state index contributed by atoms with van der Waals surface area (Å²) in [7, 11) is 1.39. The molecule has 0 radical (unpaired) electrons. The molecule has 0 aliphatic heterocycles. The van der Waals surface area contributed by atoms with Crippen LogP contribution in [0, 0.1) is 11.8 Å². The Morgan fingerprint density at radius 2 is 2.05 bits per heavy atom. The molecule has 2 rings (SSSR count). The van der Waals surface area contributed by atoms with Gasteiger partial charge in [0.25, 0.3) is 0 Å². The predicted octanol–water partition coefficient (Wildman–Crippen LogP) is 2.76. The van der Waals surface area contributed by atoms with Crippen molar-refractivity contribution in [3.05, 3.63) is 29.3 Å². The van der Waals surface area contributed by atoms with Crippen LogP contribution in [0.5, 0.6) is 5.75 Å². The Balaban J connectivity index is 2.20. The highest BCUT2D eigenvalue weighted by Gasteiger charge is 2.39. The summed E-state index contributed by atoms with van der Waals surface area (Å²) in [6.07, 6.45) is 2.17. The van der Waals surface area contributed by atoms with Crippen LogP contribution >= 0.6 is 0 Å². The van der Waals surface area contributed by atoms with Gasteiger partial charge in [-0.2, -0.15) is 0 Å². The molecule has 0 spiro atoms. The summed E-state index contributed by atoms with van der Waals surface area (Å²) in [4.78, 5) is 22.7. The number of hydrogen-bond donors (Lipinski definition) is 1. The molecule has 1 saturated carbocycles. The predicted molar refractivity (Wildman–Crippen MR) is 80.2 cm³/mol. The van der Waals surface area contributed by atoms with Gasteiger partial charge in [0, 0.05) is 12.5 Å². The standard InChI is InChI=1S/C17H22O5/c1-10(17(20)21-3)16(12-4-5-12)13-6-7-14(15(19)8-13)9-22-11(2)18/h6-8,10,12,16,19H,4-5,9H2,1-3H3/t10-,16-/m0/s1. The van der Waals surface area contributed by atoms with Crippen molar-refractivity contribution in [2.24, 2.45) is 11.8 Å². The van der Waals surface area contributed by atoms with Gasteiger partial charge in [0.1, 0.15) is 12.4 Å². The highest BCUT2D eigenvalue weighted by Crippen LogP contribution is 2.47. The van der Waals surface area contributed by atoms with Crippen molar-refractivity contribution >= 4 is 11.9 Å². The molecule has 2 atom stereocenters. The molecular weight excluding hydrogens is 284 g/mol. The molecule has 0 bridgehead atoms. The largest absolute Gasteiger partial charge is 0.508 e. The first-order valence-electron chi connectivity index (χ1n) is 7.47. The molecule has 0 heterocycles. The van der Waals surface area contributed by atoms with E-state index in [1.54, 1.807) is 12.1 Å². The normalized spacial score (nSPS) is 16.7. The zero-order valence-electron chi connectivity index (χ0n) is 13.2. The molecule has 5 nitrogen and oxygen atoms in total. The van der Waals surface area contributed by atoms with Crippen LogP contribution in [0.1, 0.15) is 43.7 Å². The molecule has 22 heavy (non-hydrogen) atoms. The Kier molecular flexibility index (Phi) is 5.06. The van der Waals surface area contributed by atoms with E-state index in [1.807, 2.05) is 13.0 Å². The van der Waals surface area contributed by atoms with Crippen molar-refractivity contribution in [2.75, 3.05) is 7.11 Å². The molecular formula is C17H22O5. The van der Waals surface area contributed by atoms with E-state index in [0.717, 1.165) is 18.4 Å². The van der Waals surface area contributed by atoms with E-state index in [4.69, 9.17) is 9.47 Å². The van der Waals surface area contributed by atoms with E-state index in [1.165, 1.54) is 14.0 Å². The first-order valence-corrected chi connectivity index (χ1v) is 7.47. The summed E-state index contributed by atoms with van der Waals surface area (Å²) < 4.78 is 9.75. The topological polar surface area (TPSA) is 72.8 Å². The molecule has 0 unspecified atom stereocenters. The Labute approximate surface area is 130 Å². The summed E-state index contributed by atoms with van der Waals surface area (Å²) in [5.74, 6) is -0.300. The van der Waals surface area contributed by atoms with Gasteiger partial charge in [-0.25, -0.2) is 0 Å². The molecule has 1 aromatic carbocycles. The molecule has 1 N–H and O–H groups in total. The number of rotatable bonds is 6. The van der Waals surface area contributed by atoms with Crippen LogP contribution in [0.15, 0.2) is 18.2 Å². The van der Waals surface area contributed by atoms with Gasteiger partial charge in [-0.1, -0.05) is 19.1 Å². The highest BCUT2D eigenvalue weighted by atomic mass is 16.5. The molecule has 0 aromatic heterocycles. The van der Waals surface area contributed by atoms with Crippen LogP contribution in [-0.2, 0) is 25.7 Å². The maximum absolute atomic E-state index is 11.8. The fourth-order valence-corrected chi connectivity index (χ4v) is 2.85. The second kappa shape index (κ2) is 6.81. The average molecular weight is 306 g/mol. The van der Waals surface area contributed by atoms with Crippen molar-refractivity contribution in [3.63, 3.8) is 0 Å². The minimum absolute atomic E-state index is 0.0427. The second-order valence-corrected chi connectivity index (χ2v) is 5.84. The fourth-order valence-electron chi connectivity index (χ4n) is 2.85. The molecule has 1 aromatic rings. The number of methoxy groups -OCH3 is 1. The molecule has 120 valence electrons. The summed E-state index contributed by atoms with van der Waals surface area (Å²) in [5, 5.41) is 10.1. The molecule has 1 aliphatic rings. The summed E-state index contributed by atoms with van der Waals surface area (Å²) in [6, 6.07) is 5.30. The van der Waals surface area contributed by atoms with E-state index in [9.17, 15) is 14.7 Å². The average Bonchev–Trinajstić information content (AvgIpc) is 3.30. The maximum Gasteiger partial charge on any atom is 0.309 e. The third-order valence-electron chi connectivity index (χ3n) is 4.17. The lowest BCUT2D eigenvalue weighted by Gasteiger charge is -2.23. The van der Waals surface area contributed by atoms with Gasteiger partial charge in [-0.15, -0.1) is 0 Å². The van der Waals surface area contributed by atoms with Crippen LogP contribution < -0.4 is 0 Å². The number of carbonyl (C=O) groups is 2. The number of aromatic hydroxyl groups is 1. The van der Waals surface area contributed by atoms with Crippen molar-refractivity contribution in [2.45, 2.75) is 39.2 Å². The fraction of sp³-hybridized carbons (Fsp3) is 0.529. The first-order chi connectivity index (χ1) is 10.4. The Hall–Kier alpha value is -2.04. The highest BCUT2D eigenvalue weighted by molar-refractivity contribution is 5.73. The number of phenolic OH excluding ortho intramolecular Hbond substituents is 1. The summed E-state index contributed by atoms with van der Waals surface area (Å²) >= 11 is 0. The quantitative estimate of drug-likeness (QED) is 0.818. The van der Waals surface area contributed by atoms with Crippen LogP contribution in [0.4, 0.5) is 0 Å². The van der Waals surface area contributed by atoms with Gasteiger partial charge >= 0.3 is 11.9 Å². The SMILES string of the molecule is COC(=O)[C@@H](C)[C@H](c1ccc(COC(C)=O)c(O)c1)C1CC1. The summed E-state index contributed by atoms with van der Waals surface area (Å²) in [5.41, 5.74) is 1.48. The first kappa shape index (κ1) is 16.3. The Bertz CT molecular complexity index is 562. The molecule has 1 aliphatic carbocycles. The van der Waals surface area contributed by atoms with E-state index >= 15 is 0 Å². The molecule has 5 heteroatoms. The third-order valence-corrected chi connectivity index (χ3v) is 4.17.